The predicted octanol–water partition coefficient (Wildman–Crippen LogP) is 2.29. The van der Waals surface area contributed by atoms with E-state index in [-0.39, 0.29) is 0 Å². The molecule has 1 aromatic rings. The molecular formula is C14H21NO2. The fourth-order valence-corrected chi connectivity index (χ4v) is 2.41. The Labute approximate surface area is 103 Å². The zero-order valence-electron chi connectivity index (χ0n) is 10.4. The fraction of sp³-hybridized carbons (Fsp3) is 0.571. The molecule has 1 atom stereocenters. The fourth-order valence-electron chi connectivity index (χ4n) is 2.41. The van der Waals surface area contributed by atoms with Crippen molar-refractivity contribution in [1.82, 2.24) is 0 Å². The minimum Gasteiger partial charge on any atom is -0.494 e. The molecule has 94 valence electrons. The molecule has 1 aromatic carbocycles. The number of ether oxygens (including phenoxy) is 1. The molecule has 0 aromatic heterocycles. The van der Waals surface area contributed by atoms with Gasteiger partial charge in [-0.15, -0.1) is 0 Å². The molecule has 0 radical (unpaired) electrons. The van der Waals surface area contributed by atoms with Crippen molar-refractivity contribution in [1.29, 1.82) is 0 Å². The lowest BCUT2D eigenvalue weighted by Crippen LogP contribution is -2.19. The summed E-state index contributed by atoms with van der Waals surface area (Å²) in [4.78, 5) is 2.38. The van der Waals surface area contributed by atoms with Crippen molar-refractivity contribution >= 4 is 5.69 Å². The zero-order chi connectivity index (χ0) is 12.1. The highest BCUT2D eigenvalue weighted by Crippen LogP contribution is 2.26. The Bertz CT molecular complexity index is 337. The highest BCUT2D eigenvalue weighted by atomic mass is 16.5. The Hall–Kier alpha value is -1.22. The lowest BCUT2D eigenvalue weighted by atomic mass is 10.1. The molecule has 1 saturated heterocycles. The van der Waals surface area contributed by atoms with Crippen LogP contribution >= 0.6 is 0 Å². The first kappa shape index (κ1) is 12.2. The van der Waals surface area contributed by atoms with Gasteiger partial charge < -0.3 is 14.7 Å². The Kier molecular flexibility index (Phi) is 4.26. The number of benzene rings is 1. The molecule has 0 amide bonds. The maximum absolute atomic E-state index is 8.94. The number of hydrogen-bond donors (Lipinski definition) is 1. The SMILES string of the molecule is CCOc1ccc(N2CCC(CCO)C2)cc1. The Morgan fingerprint density at radius 3 is 2.76 bits per heavy atom. The van der Waals surface area contributed by atoms with Crippen LogP contribution in [0.1, 0.15) is 19.8 Å². The van der Waals surface area contributed by atoms with Gasteiger partial charge in [0.15, 0.2) is 0 Å². The first-order valence-corrected chi connectivity index (χ1v) is 6.42. The molecule has 0 spiro atoms. The third-order valence-corrected chi connectivity index (χ3v) is 3.34. The van der Waals surface area contributed by atoms with Crippen LogP contribution in [0.15, 0.2) is 24.3 Å². The van der Waals surface area contributed by atoms with Gasteiger partial charge in [-0.1, -0.05) is 0 Å². The number of rotatable bonds is 5. The number of aliphatic hydroxyl groups excluding tert-OH is 1. The molecule has 3 heteroatoms. The normalized spacial score (nSPS) is 19.6. The third kappa shape index (κ3) is 3.13. The number of hydrogen-bond acceptors (Lipinski definition) is 3. The minimum atomic E-state index is 0.307. The Morgan fingerprint density at radius 1 is 1.35 bits per heavy atom. The smallest absolute Gasteiger partial charge is 0.119 e. The first-order chi connectivity index (χ1) is 8.33. The van der Waals surface area contributed by atoms with E-state index in [9.17, 15) is 0 Å². The van der Waals surface area contributed by atoms with Gasteiger partial charge in [0.25, 0.3) is 0 Å². The standard InChI is InChI=1S/C14H21NO2/c1-2-17-14-5-3-13(4-6-14)15-9-7-12(11-15)8-10-16/h3-6,12,16H,2,7-11H2,1H3. The van der Waals surface area contributed by atoms with Crippen LogP contribution in [0.3, 0.4) is 0 Å². The van der Waals surface area contributed by atoms with Crippen molar-refractivity contribution < 1.29 is 9.84 Å². The van der Waals surface area contributed by atoms with Gasteiger partial charge in [0.05, 0.1) is 6.61 Å². The number of nitrogens with zero attached hydrogens (tertiary/aromatic N) is 1. The van der Waals surface area contributed by atoms with Crippen LogP contribution < -0.4 is 9.64 Å². The summed E-state index contributed by atoms with van der Waals surface area (Å²) in [5, 5.41) is 8.94. The van der Waals surface area contributed by atoms with Gasteiger partial charge in [-0.05, 0) is 49.9 Å². The van der Waals surface area contributed by atoms with Crippen molar-refractivity contribution in [2.24, 2.45) is 5.92 Å². The quantitative estimate of drug-likeness (QED) is 0.850. The summed E-state index contributed by atoms with van der Waals surface area (Å²) in [5.74, 6) is 1.58. The van der Waals surface area contributed by atoms with E-state index < -0.39 is 0 Å². The van der Waals surface area contributed by atoms with Crippen LogP contribution in [0.2, 0.25) is 0 Å². The van der Waals surface area contributed by atoms with E-state index in [1.165, 1.54) is 12.1 Å². The van der Waals surface area contributed by atoms with Crippen LogP contribution in [-0.2, 0) is 0 Å². The van der Waals surface area contributed by atoms with Gasteiger partial charge in [0, 0.05) is 25.4 Å². The summed E-state index contributed by atoms with van der Waals surface area (Å²) in [5.41, 5.74) is 1.26. The molecule has 2 rings (SSSR count). The molecule has 1 N–H and O–H groups in total. The summed E-state index contributed by atoms with van der Waals surface area (Å²) >= 11 is 0. The van der Waals surface area contributed by atoms with E-state index in [0.29, 0.717) is 19.1 Å². The second-order valence-electron chi connectivity index (χ2n) is 4.54. The van der Waals surface area contributed by atoms with E-state index in [1.54, 1.807) is 0 Å². The molecule has 1 aliphatic heterocycles. The van der Waals surface area contributed by atoms with E-state index in [4.69, 9.17) is 9.84 Å². The Morgan fingerprint density at radius 2 is 2.12 bits per heavy atom. The van der Waals surface area contributed by atoms with Crippen LogP contribution in [-0.4, -0.2) is 31.4 Å². The highest BCUT2D eigenvalue weighted by molar-refractivity contribution is 5.49. The van der Waals surface area contributed by atoms with Gasteiger partial charge in [-0.3, -0.25) is 0 Å². The molecule has 0 aliphatic carbocycles. The van der Waals surface area contributed by atoms with E-state index >= 15 is 0 Å². The minimum absolute atomic E-state index is 0.307. The molecule has 1 fully saturated rings. The molecule has 0 bridgehead atoms. The molecular weight excluding hydrogens is 214 g/mol. The predicted molar refractivity (Wildman–Crippen MR) is 69.6 cm³/mol. The number of aliphatic hydroxyl groups is 1. The van der Waals surface area contributed by atoms with E-state index in [0.717, 1.165) is 25.3 Å². The van der Waals surface area contributed by atoms with Gasteiger partial charge >= 0.3 is 0 Å². The second kappa shape index (κ2) is 5.92. The van der Waals surface area contributed by atoms with E-state index in [2.05, 4.69) is 17.0 Å². The molecule has 0 saturated carbocycles. The molecule has 1 aliphatic rings. The van der Waals surface area contributed by atoms with Crippen LogP contribution in [0.5, 0.6) is 5.75 Å². The van der Waals surface area contributed by atoms with Crippen molar-refractivity contribution in [3.05, 3.63) is 24.3 Å². The lowest BCUT2D eigenvalue weighted by Gasteiger charge is -2.19. The summed E-state index contributed by atoms with van der Waals surface area (Å²) in [6.45, 7) is 5.17. The topological polar surface area (TPSA) is 32.7 Å². The van der Waals surface area contributed by atoms with Gasteiger partial charge in [-0.25, -0.2) is 0 Å². The van der Waals surface area contributed by atoms with Gasteiger partial charge in [0.2, 0.25) is 0 Å². The number of anilines is 1. The molecule has 17 heavy (non-hydrogen) atoms. The van der Waals surface area contributed by atoms with Crippen LogP contribution in [0.4, 0.5) is 5.69 Å². The average Bonchev–Trinajstić information content (AvgIpc) is 2.80. The van der Waals surface area contributed by atoms with E-state index in [1.807, 2.05) is 19.1 Å². The maximum atomic E-state index is 8.94. The van der Waals surface area contributed by atoms with Crippen LogP contribution in [0, 0.1) is 5.92 Å². The van der Waals surface area contributed by atoms with Crippen molar-refractivity contribution in [2.45, 2.75) is 19.8 Å². The molecule has 1 heterocycles. The summed E-state index contributed by atoms with van der Waals surface area (Å²) in [6, 6.07) is 8.29. The average molecular weight is 235 g/mol. The van der Waals surface area contributed by atoms with Crippen molar-refractivity contribution in [3.63, 3.8) is 0 Å². The third-order valence-electron chi connectivity index (χ3n) is 3.34. The second-order valence-corrected chi connectivity index (χ2v) is 4.54. The van der Waals surface area contributed by atoms with Crippen LogP contribution in [0.25, 0.3) is 0 Å². The zero-order valence-corrected chi connectivity index (χ0v) is 10.4. The molecule has 3 nitrogen and oxygen atoms in total. The monoisotopic (exact) mass is 235 g/mol. The van der Waals surface area contributed by atoms with Crippen molar-refractivity contribution in [3.8, 4) is 5.75 Å². The summed E-state index contributed by atoms with van der Waals surface area (Å²) < 4.78 is 5.43. The summed E-state index contributed by atoms with van der Waals surface area (Å²) in [7, 11) is 0. The van der Waals surface area contributed by atoms with Gasteiger partial charge in [0.1, 0.15) is 5.75 Å². The van der Waals surface area contributed by atoms with Crippen molar-refractivity contribution in [2.75, 3.05) is 31.2 Å². The van der Waals surface area contributed by atoms with Gasteiger partial charge in [-0.2, -0.15) is 0 Å². The highest BCUT2D eigenvalue weighted by Gasteiger charge is 2.21. The molecule has 1 unspecified atom stereocenters. The largest absolute Gasteiger partial charge is 0.494 e. The first-order valence-electron chi connectivity index (χ1n) is 6.42. The Balaban J connectivity index is 1.94. The maximum Gasteiger partial charge on any atom is 0.119 e. The summed E-state index contributed by atoms with van der Waals surface area (Å²) in [6.07, 6.45) is 2.11. The lowest BCUT2D eigenvalue weighted by molar-refractivity contribution is 0.263.